The lowest BCUT2D eigenvalue weighted by Crippen LogP contribution is -1.87. The molecule has 15 heavy (non-hydrogen) atoms. The molecule has 0 bridgehead atoms. The lowest BCUT2D eigenvalue weighted by atomic mass is 10.1. The van der Waals surface area contributed by atoms with Crippen molar-refractivity contribution >= 4 is 0 Å². The molecule has 0 radical (unpaired) electrons. The van der Waals surface area contributed by atoms with Gasteiger partial charge in [-0.15, -0.1) is 0 Å². The molecule has 0 N–H and O–H groups in total. The predicted octanol–water partition coefficient (Wildman–Crippen LogP) is 2.29. The fraction of sp³-hybridized carbons (Fsp3) is 0.167. The molecule has 0 spiro atoms. The zero-order valence-corrected chi connectivity index (χ0v) is 8.55. The van der Waals surface area contributed by atoms with Crippen LogP contribution >= 0.6 is 0 Å². The Morgan fingerprint density at radius 3 is 2.27 bits per heavy atom. The summed E-state index contributed by atoms with van der Waals surface area (Å²) in [5.41, 5.74) is 3.31. The van der Waals surface area contributed by atoms with Crippen LogP contribution in [0.3, 0.4) is 0 Å². The summed E-state index contributed by atoms with van der Waals surface area (Å²) in [6.07, 6.45) is 5.14. The lowest BCUT2D eigenvalue weighted by molar-refractivity contribution is 0.185. The van der Waals surface area contributed by atoms with Gasteiger partial charge in [-0.2, -0.15) is 0 Å². The Labute approximate surface area is 88.8 Å². The van der Waals surface area contributed by atoms with E-state index in [1.165, 1.54) is 6.33 Å². The Kier molecular flexibility index (Phi) is 3.05. The lowest BCUT2D eigenvalue weighted by Gasteiger charge is -2.02. The highest BCUT2D eigenvalue weighted by atomic mass is 16.5. The third-order valence-corrected chi connectivity index (χ3v) is 2.16. The first-order valence-corrected chi connectivity index (χ1v) is 4.73. The maximum Gasteiger partial charge on any atom is 0.115 e. The Hall–Kier alpha value is -1.74. The van der Waals surface area contributed by atoms with Gasteiger partial charge in [0.2, 0.25) is 0 Å². The molecule has 2 rings (SSSR count). The standard InChI is InChI=1S/C12H12N2O/c1-15-8-10-2-4-11(5-3-10)12-6-13-9-14-7-12/h2-7,9H,8H2,1H3. The molecule has 3 nitrogen and oxygen atoms in total. The van der Waals surface area contributed by atoms with Crippen molar-refractivity contribution in [3.8, 4) is 11.1 Å². The van der Waals surface area contributed by atoms with Crippen molar-refractivity contribution in [2.45, 2.75) is 6.61 Å². The van der Waals surface area contributed by atoms with E-state index in [0.717, 1.165) is 16.7 Å². The van der Waals surface area contributed by atoms with E-state index in [4.69, 9.17) is 4.74 Å². The first-order chi connectivity index (χ1) is 7.40. The van der Waals surface area contributed by atoms with E-state index in [1.807, 2.05) is 24.3 Å². The molecular weight excluding hydrogens is 188 g/mol. The fourth-order valence-electron chi connectivity index (χ4n) is 1.41. The average molecular weight is 200 g/mol. The molecule has 0 aliphatic carbocycles. The van der Waals surface area contributed by atoms with E-state index in [-0.39, 0.29) is 0 Å². The van der Waals surface area contributed by atoms with Crippen molar-refractivity contribution in [1.82, 2.24) is 9.97 Å². The summed E-state index contributed by atoms with van der Waals surface area (Å²) in [4.78, 5) is 7.97. The van der Waals surface area contributed by atoms with Gasteiger partial charge in [0.25, 0.3) is 0 Å². The molecule has 1 heterocycles. The van der Waals surface area contributed by atoms with Crippen LogP contribution in [0.15, 0.2) is 43.0 Å². The molecule has 3 heteroatoms. The number of rotatable bonds is 3. The van der Waals surface area contributed by atoms with Crippen LogP contribution in [0.4, 0.5) is 0 Å². The molecule has 1 aromatic carbocycles. The summed E-state index contributed by atoms with van der Waals surface area (Å²) in [6, 6.07) is 8.19. The summed E-state index contributed by atoms with van der Waals surface area (Å²) < 4.78 is 5.05. The van der Waals surface area contributed by atoms with Crippen LogP contribution in [0.5, 0.6) is 0 Å². The van der Waals surface area contributed by atoms with Crippen molar-refractivity contribution in [3.63, 3.8) is 0 Å². The number of aromatic nitrogens is 2. The van der Waals surface area contributed by atoms with Crippen LogP contribution in [0.25, 0.3) is 11.1 Å². The second-order valence-corrected chi connectivity index (χ2v) is 3.26. The minimum absolute atomic E-state index is 0.644. The first kappa shape index (κ1) is 9.80. The summed E-state index contributed by atoms with van der Waals surface area (Å²) in [5.74, 6) is 0. The second kappa shape index (κ2) is 4.66. The largest absolute Gasteiger partial charge is 0.380 e. The number of methoxy groups -OCH3 is 1. The Balaban J connectivity index is 2.24. The van der Waals surface area contributed by atoms with E-state index in [1.54, 1.807) is 19.5 Å². The Bertz CT molecular complexity index is 411. The number of hydrogen-bond donors (Lipinski definition) is 0. The molecule has 1 aromatic heterocycles. The van der Waals surface area contributed by atoms with Gasteiger partial charge in [-0.05, 0) is 11.1 Å². The fourth-order valence-corrected chi connectivity index (χ4v) is 1.41. The van der Waals surface area contributed by atoms with Crippen LogP contribution < -0.4 is 0 Å². The maximum absolute atomic E-state index is 5.05. The quantitative estimate of drug-likeness (QED) is 0.762. The van der Waals surface area contributed by atoms with Gasteiger partial charge in [-0.1, -0.05) is 24.3 Å². The number of ether oxygens (including phenoxy) is 1. The highest BCUT2D eigenvalue weighted by Crippen LogP contribution is 2.17. The van der Waals surface area contributed by atoms with E-state index >= 15 is 0 Å². The molecule has 0 aliphatic rings. The summed E-state index contributed by atoms with van der Waals surface area (Å²) in [6.45, 7) is 0.644. The van der Waals surface area contributed by atoms with Crippen LogP contribution in [0.2, 0.25) is 0 Å². The summed E-state index contributed by atoms with van der Waals surface area (Å²) in [7, 11) is 1.69. The van der Waals surface area contributed by atoms with Gasteiger partial charge >= 0.3 is 0 Å². The molecule has 0 fully saturated rings. The maximum atomic E-state index is 5.05. The van der Waals surface area contributed by atoms with Crippen LogP contribution in [-0.2, 0) is 11.3 Å². The summed E-state index contributed by atoms with van der Waals surface area (Å²) in [5, 5.41) is 0. The number of benzene rings is 1. The van der Waals surface area contributed by atoms with Gasteiger partial charge in [0.05, 0.1) is 6.61 Å². The monoisotopic (exact) mass is 200 g/mol. The predicted molar refractivity (Wildman–Crippen MR) is 58.2 cm³/mol. The van der Waals surface area contributed by atoms with E-state index in [0.29, 0.717) is 6.61 Å². The van der Waals surface area contributed by atoms with E-state index < -0.39 is 0 Å². The topological polar surface area (TPSA) is 35.0 Å². The van der Waals surface area contributed by atoms with Crippen molar-refractivity contribution in [2.24, 2.45) is 0 Å². The van der Waals surface area contributed by atoms with Gasteiger partial charge in [0.15, 0.2) is 0 Å². The average Bonchev–Trinajstić information content (AvgIpc) is 2.32. The van der Waals surface area contributed by atoms with Crippen LogP contribution in [-0.4, -0.2) is 17.1 Å². The molecule has 76 valence electrons. The van der Waals surface area contributed by atoms with Crippen LogP contribution in [0.1, 0.15) is 5.56 Å². The second-order valence-electron chi connectivity index (χ2n) is 3.26. The molecule has 0 saturated heterocycles. The van der Waals surface area contributed by atoms with E-state index in [9.17, 15) is 0 Å². The molecule has 2 aromatic rings. The Morgan fingerprint density at radius 1 is 1.00 bits per heavy atom. The molecule has 0 atom stereocenters. The first-order valence-electron chi connectivity index (χ1n) is 4.73. The van der Waals surface area contributed by atoms with E-state index in [2.05, 4.69) is 9.97 Å². The Morgan fingerprint density at radius 2 is 1.67 bits per heavy atom. The van der Waals surface area contributed by atoms with Crippen molar-refractivity contribution in [3.05, 3.63) is 48.5 Å². The van der Waals surface area contributed by atoms with Gasteiger partial charge in [-0.25, -0.2) is 9.97 Å². The van der Waals surface area contributed by atoms with Crippen molar-refractivity contribution < 1.29 is 4.74 Å². The minimum atomic E-state index is 0.644. The van der Waals surface area contributed by atoms with Crippen LogP contribution in [0, 0.1) is 0 Å². The van der Waals surface area contributed by atoms with Gasteiger partial charge in [-0.3, -0.25) is 0 Å². The number of hydrogen-bond acceptors (Lipinski definition) is 3. The zero-order valence-electron chi connectivity index (χ0n) is 8.55. The highest BCUT2D eigenvalue weighted by Gasteiger charge is 1.97. The van der Waals surface area contributed by atoms with Crippen molar-refractivity contribution in [2.75, 3.05) is 7.11 Å². The summed E-state index contributed by atoms with van der Waals surface area (Å²) >= 11 is 0. The van der Waals surface area contributed by atoms with Gasteiger partial charge in [0.1, 0.15) is 6.33 Å². The molecular formula is C12H12N2O. The highest BCUT2D eigenvalue weighted by molar-refractivity contribution is 5.61. The minimum Gasteiger partial charge on any atom is -0.380 e. The molecule has 0 aliphatic heterocycles. The smallest absolute Gasteiger partial charge is 0.115 e. The number of nitrogens with zero attached hydrogens (tertiary/aromatic N) is 2. The van der Waals surface area contributed by atoms with Gasteiger partial charge < -0.3 is 4.74 Å². The molecule has 0 saturated carbocycles. The third kappa shape index (κ3) is 2.39. The normalized spacial score (nSPS) is 10.2. The molecule has 0 amide bonds. The SMILES string of the molecule is COCc1ccc(-c2cncnc2)cc1. The molecule has 0 unspecified atom stereocenters. The zero-order chi connectivity index (χ0) is 10.5. The van der Waals surface area contributed by atoms with Gasteiger partial charge in [0, 0.05) is 25.1 Å². The van der Waals surface area contributed by atoms with Crippen molar-refractivity contribution in [1.29, 1.82) is 0 Å². The third-order valence-electron chi connectivity index (χ3n) is 2.16.